The van der Waals surface area contributed by atoms with Crippen LogP contribution in [0.3, 0.4) is 0 Å². The fourth-order valence-corrected chi connectivity index (χ4v) is 1.56. The predicted molar refractivity (Wildman–Crippen MR) is 58.5 cm³/mol. The first-order valence-corrected chi connectivity index (χ1v) is 5.04. The molecule has 1 N–H and O–H groups in total. The van der Waals surface area contributed by atoms with E-state index >= 15 is 0 Å². The van der Waals surface area contributed by atoms with E-state index in [0.717, 1.165) is 22.1 Å². The zero-order valence-electron chi connectivity index (χ0n) is 7.92. The quantitative estimate of drug-likeness (QED) is 0.645. The van der Waals surface area contributed by atoms with Crippen molar-refractivity contribution in [3.8, 4) is 5.75 Å². The number of nitrogens with one attached hydrogen (secondary N) is 1. The zero-order valence-corrected chi connectivity index (χ0v) is 9.50. The lowest BCUT2D eigenvalue weighted by molar-refractivity contribution is -0.107. The molecule has 0 spiro atoms. The van der Waals surface area contributed by atoms with E-state index < -0.39 is 0 Å². The molecule has 0 unspecified atom stereocenters. The number of carbonyl (C=O) groups excluding carboxylic acids is 1. The first-order valence-electron chi connectivity index (χ1n) is 4.24. The molecule has 0 atom stereocenters. The topological polar surface area (TPSA) is 38.3 Å². The summed E-state index contributed by atoms with van der Waals surface area (Å²) in [6.45, 7) is 0.983. The largest absolute Gasteiger partial charge is 0.496 e. The number of methoxy groups -OCH3 is 1. The summed E-state index contributed by atoms with van der Waals surface area (Å²) < 4.78 is 6.18. The average Bonchev–Trinajstić information content (AvgIpc) is 2.19. The normalized spacial score (nSPS) is 9.86. The lowest BCUT2D eigenvalue weighted by Gasteiger charge is -2.08. The third kappa shape index (κ3) is 3.12. The van der Waals surface area contributed by atoms with Gasteiger partial charge in [0.05, 0.1) is 13.7 Å². The van der Waals surface area contributed by atoms with E-state index in [2.05, 4.69) is 21.2 Å². The maximum Gasteiger partial charge on any atom is 0.133 e. The highest BCUT2D eigenvalue weighted by Gasteiger charge is 2.02. The molecule has 0 amide bonds. The van der Waals surface area contributed by atoms with Gasteiger partial charge in [-0.2, -0.15) is 0 Å². The molecule has 0 saturated carbocycles. The molecule has 0 aliphatic carbocycles. The van der Waals surface area contributed by atoms with Crippen molar-refractivity contribution < 1.29 is 9.53 Å². The van der Waals surface area contributed by atoms with Gasteiger partial charge >= 0.3 is 0 Å². The number of benzene rings is 1. The maximum absolute atomic E-state index is 10.1. The van der Waals surface area contributed by atoms with Gasteiger partial charge in [0.25, 0.3) is 0 Å². The Morgan fingerprint density at radius 2 is 2.36 bits per heavy atom. The molecule has 1 aromatic rings. The highest BCUT2D eigenvalue weighted by Crippen LogP contribution is 2.22. The summed E-state index contributed by atoms with van der Waals surface area (Å²) in [7, 11) is 1.63. The summed E-state index contributed by atoms with van der Waals surface area (Å²) >= 11 is 3.38. The Kier molecular flexibility index (Phi) is 4.62. The van der Waals surface area contributed by atoms with Gasteiger partial charge in [-0.3, -0.25) is 0 Å². The van der Waals surface area contributed by atoms with Crippen LogP contribution in [0.4, 0.5) is 0 Å². The van der Waals surface area contributed by atoms with Crippen LogP contribution in [0.5, 0.6) is 5.75 Å². The van der Waals surface area contributed by atoms with Crippen LogP contribution in [0.1, 0.15) is 5.56 Å². The van der Waals surface area contributed by atoms with Gasteiger partial charge in [0, 0.05) is 16.6 Å². The highest BCUT2D eigenvalue weighted by atomic mass is 79.9. The Balaban J connectivity index is 2.71. The maximum atomic E-state index is 10.1. The molecule has 0 heterocycles. The third-order valence-electron chi connectivity index (χ3n) is 1.79. The second kappa shape index (κ2) is 5.78. The monoisotopic (exact) mass is 257 g/mol. The molecule has 0 fully saturated rings. The van der Waals surface area contributed by atoms with Crippen LogP contribution in [-0.2, 0) is 11.3 Å². The van der Waals surface area contributed by atoms with Gasteiger partial charge in [-0.25, -0.2) is 0 Å². The fourth-order valence-electron chi connectivity index (χ4n) is 1.15. The predicted octanol–water partition coefficient (Wildman–Crippen LogP) is 1.75. The molecule has 4 heteroatoms. The molecule has 14 heavy (non-hydrogen) atoms. The van der Waals surface area contributed by atoms with Crippen LogP contribution in [0, 0.1) is 0 Å². The number of rotatable bonds is 5. The van der Waals surface area contributed by atoms with Crippen LogP contribution in [-0.4, -0.2) is 19.9 Å². The van der Waals surface area contributed by atoms with Crippen LogP contribution < -0.4 is 10.1 Å². The van der Waals surface area contributed by atoms with Crippen LogP contribution in [0.25, 0.3) is 0 Å². The van der Waals surface area contributed by atoms with Gasteiger partial charge in [-0.05, 0) is 18.2 Å². The molecule has 0 aromatic heterocycles. The molecule has 0 radical (unpaired) electrons. The fraction of sp³-hybridized carbons (Fsp3) is 0.300. The molecule has 76 valence electrons. The van der Waals surface area contributed by atoms with Crippen molar-refractivity contribution in [2.45, 2.75) is 6.54 Å². The van der Waals surface area contributed by atoms with Gasteiger partial charge in [0.2, 0.25) is 0 Å². The van der Waals surface area contributed by atoms with Crippen molar-refractivity contribution in [2.75, 3.05) is 13.7 Å². The number of ether oxygens (including phenoxy) is 1. The molecular formula is C10H12BrNO2. The Bertz CT molecular complexity index is 315. The summed E-state index contributed by atoms with van der Waals surface area (Å²) in [6.07, 6.45) is 0.838. The number of aldehydes is 1. The Hall–Kier alpha value is -0.870. The minimum atomic E-state index is 0.357. The van der Waals surface area contributed by atoms with Crippen molar-refractivity contribution >= 4 is 22.2 Å². The van der Waals surface area contributed by atoms with Crippen LogP contribution in [0.2, 0.25) is 0 Å². The van der Waals surface area contributed by atoms with Crippen molar-refractivity contribution in [3.05, 3.63) is 28.2 Å². The lowest BCUT2D eigenvalue weighted by Crippen LogP contribution is -2.15. The van der Waals surface area contributed by atoms with Crippen molar-refractivity contribution in [1.82, 2.24) is 5.32 Å². The standard InChI is InChI=1S/C10H12BrNO2/c1-14-10-3-2-9(11)6-8(10)7-12-4-5-13/h2-3,5-6,12H,4,7H2,1H3. The Morgan fingerprint density at radius 1 is 1.57 bits per heavy atom. The van der Waals surface area contributed by atoms with Gasteiger partial charge in [0.1, 0.15) is 12.0 Å². The second-order valence-corrected chi connectivity index (χ2v) is 3.67. The van der Waals surface area contributed by atoms with Crippen LogP contribution in [0.15, 0.2) is 22.7 Å². The van der Waals surface area contributed by atoms with E-state index in [1.54, 1.807) is 7.11 Å². The number of hydrogen-bond donors (Lipinski definition) is 1. The summed E-state index contributed by atoms with van der Waals surface area (Å²) in [4.78, 5) is 10.1. The van der Waals surface area contributed by atoms with E-state index in [4.69, 9.17) is 4.74 Å². The molecule has 1 rings (SSSR count). The van der Waals surface area contributed by atoms with Gasteiger partial charge < -0.3 is 14.8 Å². The van der Waals surface area contributed by atoms with Crippen molar-refractivity contribution in [3.63, 3.8) is 0 Å². The average molecular weight is 258 g/mol. The minimum Gasteiger partial charge on any atom is -0.496 e. The van der Waals surface area contributed by atoms with E-state index in [0.29, 0.717) is 13.1 Å². The van der Waals surface area contributed by atoms with Gasteiger partial charge in [-0.15, -0.1) is 0 Å². The lowest BCUT2D eigenvalue weighted by atomic mass is 10.2. The number of halogens is 1. The van der Waals surface area contributed by atoms with Crippen molar-refractivity contribution in [1.29, 1.82) is 0 Å². The molecule has 0 bridgehead atoms. The Labute approximate surface area is 91.6 Å². The van der Waals surface area contributed by atoms with Gasteiger partial charge in [0.15, 0.2) is 0 Å². The molecular weight excluding hydrogens is 246 g/mol. The molecule has 0 aliphatic heterocycles. The Morgan fingerprint density at radius 3 is 3.00 bits per heavy atom. The summed E-state index contributed by atoms with van der Waals surface area (Å²) in [5.41, 5.74) is 1.03. The van der Waals surface area contributed by atoms with Crippen molar-refractivity contribution in [2.24, 2.45) is 0 Å². The van der Waals surface area contributed by atoms with E-state index in [1.807, 2.05) is 18.2 Å². The molecule has 0 aliphatic rings. The van der Waals surface area contributed by atoms with E-state index in [-0.39, 0.29) is 0 Å². The van der Waals surface area contributed by atoms with E-state index in [1.165, 1.54) is 0 Å². The van der Waals surface area contributed by atoms with Crippen LogP contribution >= 0.6 is 15.9 Å². The number of hydrogen-bond acceptors (Lipinski definition) is 3. The zero-order chi connectivity index (χ0) is 10.4. The molecule has 1 aromatic carbocycles. The number of carbonyl (C=O) groups is 1. The summed E-state index contributed by atoms with van der Waals surface area (Å²) in [5.74, 6) is 0.826. The summed E-state index contributed by atoms with van der Waals surface area (Å²) in [5, 5.41) is 2.98. The third-order valence-corrected chi connectivity index (χ3v) is 2.28. The molecule has 0 saturated heterocycles. The molecule has 3 nitrogen and oxygen atoms in total. The van der Waals surface area contributed by atoms with Gasteiger partial charge in [-0.1, -0.05) is 15.9 Å². The summed E-state index contributed by atoms with van der Waals surface area (Å²) in [6, 6.07) is 5.78. The minimum absolute atomic E-state index is 0.357. The second-order valence-electron chi connectivity index (χ2n) is 2.75. The SMILES string of the molecule is COc1ccc(Br)cc1CNCC=O. The highest BCUT2D eigenvalue weighted by molar-refractivity contribution is 9.10. The first-order chi connectivity index (χ1) is 6.77. The van der Waals surface area contributed by atoms with E-state index in [9.17, 15) is 4.79 Å². The smallest absolute Gasteiger partial charge is 0.133 e. The first kappa shape index (κ1) is 11.2.